The number of nitrogens with zero attached hydrogens (tertiary/aromatic N) is 1. The number of hydrogen-bond acceptors (Lipinski definition) is 3. The van der Waals surface area contributed by atoms with E-state index in [1.165, 1.54) is 50.3 Å². The Morgan fingerprint density at radius 3 is 2.86 bits per heavy atom. The summed E-state index contributed by atoms with van der Waals surface area (Å²) in [4.78, 5) is 2.56. The zero-order chi connectivity index (χ0) is 9.80. The summed E-state index contributed by atoms with van der Waals surface area (Å²) in [5, 5.41) is 3.60. The van der Waals surface area contributed by atoms with Crippen molar-refractivity contribution >= 4 is 11.8 Å². The maximum Gasteiger partial charge on any atom is 0.0170 e. The number of hydrogen-bond donors (Lipinski definition) is 1. The molecule has 3 heteroatoms. The normalized spacial score (nSPS) is 29.1. The molecule has 0 aromatic heterocycles. The molecule has 1 heterocycles. The van der Waals surface area contributed by atoms with Crippen LogP contribution in [0.5, 0.6) is 0 Å². The van der Waals surface area contributed by atoms with Crippen LogP contribution in [0.4, 0.5) is 0 Å². The minimum absolute atomic E-state index is 0.774. The van der Waals surface area contributed by atoms with Gasteiger partial charge in [-0.3, -0.25) is 0 Å². The van der Waals surface area contributed by atoms with E-state index in [9.17, 15) is 0 Å². The van der Waals surface area contributed by atoms with E-state index in [0.717, 1.165) is 12.1 Å². The third kappa shape index (κ3) is 2.88. The molecule has 2 rings (SSSR count). The van der Waals surface area contributed by atoms with Gasteiger partial charge in [0.25, 0.3) is 0 Å². The molecule has 1 saturated heterocycles. The van der Waals surface area contributed by atoms with E-state index in [1.54, 1.807) is 0 Å². The van der Waals surface area contributed by atoms with Gasteiger partial charge in [-0.25, -0.2) is 0 Å². The van der Waals surface area contributed by atoms with E-state index in [0.29, 0.717) is 0 Å². The standard InChI is InChI=1S/C11H22N2S/c1-13(11-3-2-4-11)7-5-10-9-14-8-6-12-10/h10-12H,2-9H2,1H3. The molecule has 1 aliphatic carbocycles. The van der Waals surface area contributed by atoms with E-state index in [4.69, 9.17) is 0 Å². The molecule has 0 radical (unpaired) electrons. The molecule has 0 bridgehead atoms. The van der Waals surface area contributed by atoms with Crippen LogP contribution in [-0.4, -0.2) is 48.6 Å². The van der Waals surface area contributed by atoms with Crippen molar-refractivity contribution in [2.45, 2.75) is 37.8 Å². The molecule has 14 heavy (non-hydrogen) atoms. The first-order valence-electron chi connectivity index (χ1n) is 5.87. The van der Waals surface area contributed by atoms with Gasteiger partial charge in [0.2, 0.25) is 0 Å². The van der Waals surface area contributed by atoms with Crippen LogP contribution in [0.15, 0.2) is 0 Å². The fourth-order valence-corrected chi connectivity index (χ4v) is 3.17. The Balaban J connectivity index is 1.60. The summed E-state index contributed by atoms with van der Waals surface area (Å²) in [6, 6.07) is 1.68. The first-order valence-corrected chi connectivity index (χ1v) is 7.03. The van der Waals surface area contributed by atoms with E-state index in [2.05, 4.69) is 29.0 Å². The summed E-state index contributed by atoms with van der Waals surface area (Å²) < 4.78 is 0. The van der Waals surface area contributed by atoms with E-state index in [1.807, 2.05) is 0 Å². The number of thioether (sulfide) groups is 1. The Kier molecular flexibility index (Phi) is 4.14. The predicted octanol–water partition coefficient (Wildman–Crippen LogP) is 1.57. The number of nitrogens with one attached hydrogen (secondary N) is 1. The summed E-state index contributed by atoms with van der Waals surface area (Å²) in [6.45, 7) is 2.49. The lowest BCUT2D eigenvalue weighted by Crippen LogP contribution is -2.43. The van der Waals surface area contributed by atoms with Gasteiger partial charge in [0.1, 0.15) is 0 Å². The molecule has 1 unspecified atom stereocenters. The lowest BCUT2D eigenvalue weighted by atomic mass is 9.92. The van der Waals surface area contributed by atoms with Gasteiger partial charge in [0.15, 0.2) is 0 Å². The Hall–Kier alpha value is 0.270. The maximum atomic E-state index is 3.60. The second kappa shape index (κ2) is 5.38. The lowest BCUT2D eigenvalue weighted by Gasteiger charge is -2.36. The Bertz CT molecular complexity index is 163. The SMILES string of the molecule is CN(CCC1CSCCN1)C1CCC1. The molecular weight excluding hydrogens is 192 g/mol. The minimum Gasteiger partial charge on any atom is -0.312 e. The van der Waals surface area contributed by atoms with E-state index in [-0.39, 0.29) is 0 Å². The molecule has 0 aromatic carbocycles. The number of rotatable bonds is 4. The quantitative estimate of drug-likeness (QED) is 0.765. The molecule has 2 nitrogen and oxygen atoms in total. The van der Waals surface area contributed by atoms with Gasteiger partial charge < -0.3 is 10.2 Å². The minimum atomic E-state index is 0.774. The summed E-state index contributed by atoms with van der Waals surface area (Å²) in [5.74, 6) is 2.62. The van der Waals surface area contributed by atoms with Crippen molar-refractivity contribution in [1.29, 1.82) is 0 Å². The Labute approximate surface area is 91.8 Å². The van der Waals surface area contributed by atoms with Crippen molar-refractivity contribution < 1.29 is 0 Å². The molecule has 0 spiro atoms. The van der Waals surface area contributed by atoms with Gasteiger partial charge >= 0.3 is 0 Å². The van der Waals surface area contributed by atoms with Crippen molar-refractivity contribution in [3.05, 3.63) is 0 Å². The molecule has 1 saturated carbocycles. The van der Waals surface area contributed by atoms with Crippen molar-refractivity contribution in [3.8, 4) is 0 Å². The Morgan fingerprint density at radius 1 is 1.43 bits per heavy atom. The second-order valence-corrected chi connectivity index (χ2v) is 5.73. The average Bonchev–Trinajstić information content (AvgIpc) is 2.14. The van der Waals surface area contributed by atoms with Crippen LogP contribution in [0.2, 0.25) is 0 Å². The topological polar surface area (TPSA) is 15.3 Å². The fourth-order valence-electron chi connectivity index (χ4n) is 2.17. The fraction of sp³-hybridized carbons (Fsp3) is 1.00. The summed E-state index contributed by atoms with van der Waals surface area (Å²) in [6.07, 6.45) is 5.65. The third-order valence-electron chi connectivity index (χ3n) is 3.53. The van der Waals surface area contributed by atoms with Crippen molar-refractivity contribution in [2.24, 2.45) is 0 Å². The molecule has 82 valence electrons. The second-order valence-electron chi connectivity index (χ2n) is 4.58. The predicted molar refractivity (Wildman–Crippen MR) is 64.0 cm³/mol. The van der Waals surface area contributed by atoms with Gasteiger partial charge in [0.05, 0.1) is 0 Å². The Morgan fingerprint density at radius 2 is 2.29 bits per heavy atom. The smallest absolute Gasteiger partial charge is 0.0170 e. The van der Waals surface area contributed by atoms with E-state index >= 15 is 0 Å². The van der Waals surface area contributed by atoms with Gasteiger partial charge in [-0.05, 0) is 32.9 Å². The molecule has 0 aromatic rings. The first-order chi connectivity index (χ1) is 6.86. The highest BCUT2D eigenvalue weighted by atomic mass is 32.2. The first kappa shape index (κ1) is 10.8. The highest BCUT2D eigenvalue weighted by Gasteiger charge is 2.22. The van der Waals surface area contributed by atoms with Crippen molar-refractivity contribution in [1.82, 2.24) is 10.2 Å². The maximum absolute atomic E-state index is 3.60. The van der Waals surface area contributed by atoms with Crippen LogP contribution in [0.3, 0.4) is 0 Å². The van der Waals surface area contributed by atoms with Gasteiger partial charge in [0, 0.05) is 30.1 Å². The van der Waals surface area contributed by atoms with Gasteiger partial charge in [-0.2, -0.15) is 11.8 Å². The highest BCUT2D eigenvalue weighted by molar-refractivity contribution is 7.99. The van der Waals surface area contributed by atoms with Crippen LogP contribution >= 0.6 is 11.8 Å². The summed E-state index contributed by atoms with van der Waals surface area (Å²) in [7, 11) is 2.29. The average molecular weight is 214 g/mol. The highest BCUT2D eigenvalue weighted by Crippen LogP contribution is 2.23. The van der Waals surface area contributed by atoms with Crippen LogP contribution in [0.25, 0.3) is 0 Å². The van der Waals surface area contributed by atoms with Crippen LogP contribution in [-0.2, 0) is 0 Å². The summed E-state index contributed by atoms with van der Waals surface area (Å²) >= 11 is 2.10. The van der Waals surface area contributed by atoms with Crippen LogP contribution in [0.1, 0.15) is 25.7 Å². The molecule has 1 atom stereocenters. The molecule has 2 fully saturated rings. The molecule has 1 aliphatic heterocycles. The third-order valence-corrected chi connectivity index (χ3v) is 4.66. The zero-order valence-electron chi connectivity index (χ0n) is 9.17. The molecule has 2 aliphatic rings. The van der Waals surface area contributed by atoms with E-state index < -0.39 is 0 Å². The zero-order valence-corrected chi connectivity index (χ0v) is 9.98. The molecular formula is C11H22N2S. The molecule has 0 amide bonds. The van der Waals surface area contributed by atoms with Gasteiger partial charge in [-0.15, -0.1) is 0 Å². The van der Waals surface area contributed by atoms with Crippen LogP contribution in [0, 0.1) is 0 Å². The lowest BCUT2D eigenvalue weighted by molar-refractivity contribution is 0.154. The van der Waals surface area contributed by atoms with Crippen LogP contribution < -0.4 is 5.32 Å². The molecule has 1 N–H and O–H groups in total. The largest absolute Gasteiger partial charge is 0.312 e. The van der Waals surface area contributed by atoms with Crippen molar-refractivity contribution in [3.63, 3.8) is 0 Å². The monoisotopic (exact) mass is 214 g/mol. The van der Waals surface area contributed by atoms with Crippen molar-refractivity contribution in [2.75, 3.05) is 31.6 Å². The van der Waals surface area contributed by atoms with Gasteiger partial charge in [-0.1, -0.05) is 6.42 Å². The summed E-state index contributed by atoms with van der Waals surface area (Å²) in [5.41, 5.74) is 0.